The molecule has 0 aliphatic carbocycles. The zero-order valence-corrected chi connectivity index (χ0v) is 12.5. The van der Waals surface area contributed by atoms with Crippen LogP contribution >= 0.6 is 0 Å². The van der Waals surface area contributed by atoms with Crippen molar-refractivity contribution in [3.63, 3.8) is 0 Å². The number of rotatable bonds is 1. The third-order valence-electron chi connectivity index (χ3n) is 4.75. The average Bonchev–Trinajstić information content (AvgIpc) is 2.74. The molecule has 110 valence electrons. The van der Waals surface area contributed by atoms with E-state index in [1.165, 1.54) is 24.1 Å². The van der Waals surface area contributed by atoms with E-state index < -0.39 is 0 Å². The first-order valence-electron chi connectivity index (χ1n) is 7.71. The molecular formula is C17H20FN3. The highest BCUT2D eigenvalue weighted by Gasteiger charge is 2.34. The Bertz CT molecular complexity index is 684. The van der Waals surface area contributed by atoms with Gasteiger partial charge in [0.05, 0.1) is 17.4 Å². The van der Waals surface area contributed by atoms with E-state index in [0.29, 0.717) is 12.1 Å². The predicted molar refractivity (Wildman–Crippen MR) is 80.6 cm³/mol. The molecule has 1 N–H and O–H groups in total. The molecule has 2 aromatic rings. The first-order chi connectivity index (χ1) is 10.1. The van der Waals surface area contributed by atoms with E-state index in [4.69, 9.17) is 5.10 Å². The second kappa shape index (κ2) is 4.67. The minimum atomic E-state index is -0.172. The van der Waals surface area contributed by atoms with Crippen LogP contribution in [0.1, 0.15) is 42.1 Å². The lowest BCUT2D eigenvalue weighted by Crippen LogP contribution is -2.42. The summed E-state index contributed by atoms with van der Waals surface area (Å²) in [6, 6.07) is 6.18. The molecule has 0 spiro atoms. The fraction of sp³-hybridized carbons (Fsp3) is 0.471. The van der Waals surface area contributed by atoms with Gasteiger partial charge in [-0.2, -0.15) is 5.10 Å². The number of nitrogens with zero attached hydrogens (tertiary/aromatic N) is 2. The van der Waals surface area contributed by atoms with Gasteiger partial charge in [0.25, 0.3) is 0 Å². The van der Waals surface area contributed by atoms with E-state index in [9.17, 15) is 4.39 Å². The summed E-state index contributed by atoms with van der Waals surface area (Å²) < 4.78 is 15.7. The zero-order chi connectivity index (χ0) is 14.6. The maximum absolute atomic E-state index is 13.8. The number of benzene rings is 1. The van der Waals surface area contributed by atoms with Crippen molar-refractivity contribution in [2.24, 2.45) is 7.05 Å². The van der Waals surface area contributed by atoms with Crippen LogP contribution in [0.5, 0.6) is 0 Å². The fourth-order valence-electron chi connectivity index (χ4n) is 3.95. The molecule has 1 fully saturated rings. The Morgan fingerprint density at radius 2 is 2.14 bits per heavy atom. The van der Waals surface area contributed by atoms with Gasteiger partial charge in [0.2, 0.25) is 0 Å². The maximum Gasteiger partial charge on any atom is 0.124 e. The van der Waals surface area contributed by atoms with E-state index in [1.54, 1.807) is 12.1 Å². The molecule has 2 atom stereocenters. The van der Waals surface area contributed by atoms with Crippen molar-refractivity contribution in [3.8, 4) is 11.3 Å². The molecule has 2 aliphatic heterocycles. The quantitative estimate of drug-likeness (QED) is 0.871. The minimum Gasteiger partial charge on any atom is -0.305 e. The van der Waals surface area contributed by atoms with Crippen LogP contribution in [-0.2, 0) is 13.5 Å². The van der Waals surface area contributed by atoms with Gasteiger partial charge < -0.3 is 5.32 Å². The molecule has 21 heavy (non-hydrogen) atoms. The van der Waals surface area contributed by atoms with Gasteiger partial charge in [-0.05, 0) is 56.4 Å². The summed E-state index contributed by atoms with van der Waals surface area (Å²) in [5.41, 5.74) is 5.48. The number of aryl methyl sites for hydroxylation is 2. The van der Waals surface area contributed by atoms with Gasteiger partial charge in [-0.25, -0.2) is 4.39 Å². The highest BCUT2D eigenvalue weighted by Crippen LogP contribution is 2.38. The number of halogens is 1. The van der Waals surface area contributed by atoms with Gasteiger partial charge in [0.15, 0.2) is 0 Å². The third kappa shape index (κ3) is 2.09. The summed E-state index contributed by atoms with van der Waals surface area (Å²) in [5, 5.41) is 8.41. The molecule has 1 aromatic carbocycles. The molecule has 3 heterocycles. The van der Waals surface area contributed by atoms with Crippen molar-refractivity contribution in [2.45, 2.75) is 44.7 Å². The van der Waals surface area contributed by atoms with Gasteiger partial charge >= 0.3 is 0 Å². The van der Waals surface area contributed by atoms with Crippen molar-refractivity contribution in [1.82, 2.24) is 15.1 Å². The second-order valence-electron chi connectivity index (χ2n) is 6.40. The molecular weight excluding hydrogens is 265 g/mol. The molecule has 2 aliphatic rings. The Hall–Kier alpha value is -1.68. The van der Waals surface area contributed by atoms with Gasteiger partial charge in [-0.1, -0.05) is 0 Å². The lowest BCUT2D eigenvalue weighted by atomic mass is 9.84. The minimum absolute atomic E-state index is 0.172. The van der Waals surface area contributed by atoms with Crippen LogP contribution in [0.15, 0.2) is 18.2 Å². The van der Waals surface area contributed by atoms with Crippen LogP contribution in [0.3, 0.4) is 0 Å². The molecule has 4 rings (SSSR count). The second-order valence-corrected chi connectivity index (χ2v) is 6.40. The monoisotopic (exact) mass is 285 g/mol. The largest absolute Gasteiger partial charge is 0.305 e. The smallest absolute Gasteiger partial charge is 0.124 e. The molecule has 2 bridgehead atoms. The van der Waals surface area contributed by atoms with E-state index in [1.807, 2.05) is 18.7 Å². The summed E-state index contributed by atoms with van der Waals surface area (Å²) in [6.07, 6.45) is 4.66. The van der Waals surface area contributed by atoms with Crippen molar-refractivity contribution >= 4 is 0 Å². The number of hydrogen-bond acceptors (Lipinski definition) is 2. The summed E-state index contributed by atoms with van der Waals surface area (Å²) in [5.74, 6) is -0.172. The first-order valence-corrected chi connectivity index (χ1v) is 7.71. The molecule has 1 saturated heterocycles. The first kappa shape index (κ1) is 13.0. The van der Waals surface area contributed by atoms with Crippen LogP contribution in [0.2, 0.25) is 0 Å². The third-order valence-corrected chi connectivity index (χ3v) is 4.75. The summed E-state index contributed by atoms with van der Waals surface area (Å²) in [7, 11) is 1.97. The van der Waals surface area contributed by atoms with E-state index >= 15 is 0 Å². The number of aromatic nitrogens is 2. The van der Waals surface area contributed by atoms with Gasteiger partial charge in [0, 0.05) is 24.2 Å². The normalized spacial score (nSPS) is 24.0. The average molecular weight is 285 g/mol. The predicted octanol–water partition coefficient (Wildman–Crippen LogP) is 3.27. The van der Waals surface area contributed by atoms with Crippen LogP contribution < -0.4 is 5.32 Å². The molecule has 3 nitrogen and oxygen atoms in total. The lowest BCUT2D eigenvalue weighted by Gasteiger charge is -2.35. The molecule has 0 radical (unpaired) electrons. The van der Waals surface area contributed by atoms with E-state index in [-0.39, 0.29) is 5.82 Å². The SMILES string of the molecule is Cc1cc(F)cc(-c2c3c(nn2C)[C@@H]2CCC[C@H](C3)N2)c1. The Kier molecular flexibility index (Phi) is 2.89. The van der Waals surface area contributed by atoms with Crippen LogP contribution in [0.25, 0.3) is 11.3 Å². The molecule has 0 amide bonds. The Morgan fingerprint density at radius 1 is 1.29 bits per heavy atom. The maximum atomic E-state index is 13.8. The number of piperidine rings is 1. The Morgan fingerprint density at radius 3 is 2.95 bits per heavy atom. The highest BCUT2D eigenvalue weighted by molar-refractivity contribution is 5.66. The fourth-order valence-corrected chi connectivity index (χ4v) is 3.95. The molecule has 0 unspecified atom stereocenters. The van der Waals surface area contributed by atoms with Gasteiger partial charge in [-0.3, -0.25) is 4.68 Å². The Labute approximate surface area is 124 Å². The standard InChI is InChI=1S/C17H20FN3/c1-10-6-11(8-12(18)7-10)17-14-9-13-4-3-5-15(19-13)16(14)20-21(17)2/h6-8,13,15,19H,3-5,9H2,1-2H3/t13-,15+/m1/s1. The van der Waals surface area contributed by atoms with Crippen molar-refractivity contribution in [2.75, 3.05) is 0 Å². The topological polar surface area (TPSA) is 29.9 Å². The molecule has 4 heteroatoms. The van der Waals surface area contributed by atoms with E-state index in [2.05, 4.69) is 11.4 Å². The van der Waals surface area contributed by atoms with Crippen molar-refractivity contribution < 1.29 is 4.39 Å². The number of nitrogens with one attached hydrogen (secondary N) is 1. The van der Waals surface area contributed by atoms with Crippen LogP contribution in [-0.4, -0.2) is 15.8 Å². The van der Waals surface area contributed by atoms with Crippen LogP contribution in [0, 0.1) is 12.7 Å². The molecule has 1 aromatic heterocycles. The van der Waals surface area contributed by atoms with Crippen molar-refractivity contribution in [1.29, 1.82) is 0 Å². The van der Waals surface area contributed by atoms with E-state index in [0.717, 1.165) is 29.7 Å². The zero-order valence-electron chi connectivity index (χ0n) is 12.5. The number of fused-ring (bicyclic) bond motifs is 4. The molecule has 0 saturated carbocycles. The van der Waals surface area contributed by atoms with Crippen LogP contribution in [0.4, 0.5) is 4.39 Å². The summed E-state index contributed by atoms with van der Waals surface area (Å²) in [4.78, 5) is 0. The van der Waals surface area contributed by atoms with Gasteiger partial charge in [0.1, 0.15) is 5.82 Å². The van der Waals surface area contributed by atoms with Gasteiger partial charge in [-0.15, -0.1) is 0 Å². The summed E-state index contributed by atoms with van der Waals surface area (Å²) >= 11 is 0. The Balaban J connectivity index is 1.88. The lowest BCUT2D eigenvalue weighted by molar-refractivity contribution is 0.297. The highest BCUT2D eigenvalue weighted by atomic mass is 19.1. The number of hydrogen-bond donors (Lipinski definition) is 1. The summed E-state index contributed by atoms with van der Waals surface area (Å²) in [6.45, 7) is 1.94. The van der Waals surface area contributed by atoms with Crippen molar-refractivity contribution in [3.05, 3.63) is 40.8 Å².